The fourth-order valence-corrected chi connectivity index (χ4v) is 3.37. The predicted molar refractivity (Wildman–Crippen MR) is 101 cm³/mol. The number of nitrogens with zero attached hydrogens (tertiary/aromatic N) is 1. The van der Waals surface area contributed by atoms with Gasteiger partial charge in [-0.2, -0.15) is 4.99 Å². The van der Waals surface area contributed by atoms with Crippen LogP contribution in [0, 0.1) is 0 Å². The van der Waals surface area contributed by atoms with Crippen molar-refractivity contribution in [3.63, 3.8) is 0 Å². The molecule has 0 aromatic heterocycles. The van der Waals surface area contributed by atoms with Gasteiger partial charge in [-0.05, 0) is 17.7 Å². The molecular formula is C18H13BrN2O3S. The van der Waals surface area contributed by atoms with Gasteiger partial charge >= 0.3 is 0 Å². The molecule has 0 aliphatic carbocycles. The maximum absolute atomic E-state index is 12.3. The zero-order valence-electron chi connectivity index (χ0n) is 12.9. The number of Topliss-reactive ketones (excluding diaryl/α,β-unsaturated/α-hetero) is 1. The molecule has 1 heterocycles. The lowest BCUT2D eigenvalue weighted by molar-refractivity contribution is -0.129. The van der Waals surface area contributed by atoms with Gasteiger partial charge < -0.3 is 5.32 Å². The van der Waals surface area contributed by atoms with Crippen LogP contribution < -0.4 is 5.32 Å². The van der Waals surface area contributed by atoms with Crippen LogP contribution in [0.15, 0.2) is 64.1 Å². The van der Waals surface area contributed by atoms with Crippen molar-refractivity contribution in [3.8, 4) is 0 Å². The van der Waals surface area contributed by atoms with E-state index in [1.165, 1.54) is 0 Å². The van der Waals surface area contributed by atoms with E-state index in [-0.39, 0.29) is 16.7 Å². The van der Waals surface area contributed by atoms with E-state index in [0.717, 1.165) is 16.2 Å². The number of halogens is 1. The first-order chi connectivity index (χ1) is 12.0. The molecule has 5 nitrogen and oxygen atoms in total. The molecule has 2 aromatic carbocycles. The molecule has 126 valence electrons. The summed E-state index contributed by atoms with van der Waals surface area (Å²) in [6.07, 6.45) is 0. The molecule has 7 heteroatoms. The molecule has 1 unspecified atom stereocenters. The zero-order chi connectivity index (χ0) is 17.8. The van der Waals surface area contributed by atoms with Crippen LogP contribution in [-0.4, -0.2) is 28.5 Å². The van der Waals surface area contributed by atoms with Crippen LogP contribution in [0.25, 0.3) is 0 Å². The molecule has 1 N–H and O–H groups in total. The SMILES string of the molecule is O=C(CSC1=NC(=O)C(c2ccccc2)C(=O)N1)c1ccc(Br)cc1. The van der Waals surface area contributed by atoms with Crippen molar-refractivity contribution in [1.29, 1.82) is 0 Å². The molecule has 0 bridgehead atoms. The van der Waals surface area contributed by atoms with E-state index < -0.39 is 17.7 Å². The van der Waals surface area contributed by atoms with Crippen LogP contribution in [-0.2, 0) is 9.59 Å². The Bertz CT molecular complexity index is 850. The number of amides is 2. The lowest BCUT2D eigenvalue weighted by atomic mass is 9.97. The average molecular weight is 417 g/mol. The van der Waals surface area contributed by atoms with E-state index in [1.807, 2.05) is 6.07 Å². The molecule has 0 saturated heterocycles. The molecule has 0 saturated carbocycles. The van der Waals surface area contributed by atoms with Gasteiger partial charge in [0.05, 0.1) is 5.75 Å². The third-order valence-corrected chi connectivity index (χ3v) is 4.99. The summed E-state index contributed by atoms with van der Waals surface area (Å²) < 4.78 is 0.887. The number of amidine groups is 1. The Morgan fingerprint density at radius 2 is 1.76 bits per heavy atom. The Labute approximate surface area is 157 Å². The van der Waals surface area contributed by atoms with Gasteiger partial charge in [0.2, 0.25) is 5.91 Å². The fourth-order valence-electron chi connectivity index (χ4n) is 2.34. The third-order valence-electron chi connectivity index (χ3n) is 3.59. The largest absolute Gasteiger partial charge is 0.304 e. The van der Waals surface area contributed by atoms with Crippen LogP contribution in [0.1, 0.15) is 21.8 Å². The number of hydrogen-bond acceptors (Lipinski definition) is 4. The topological polar surface area (TPSA) is 75.6 Å². The summed E-state index contributed by atoms with van der Waals surface area (Å²) >= 11 is 4.36. The number of nitrogens with one attached hydrogen (secondary N) is 1. The smallest absolute Gasteiger partial charge is 0.265 e. The maximum atomic E-state index is 12.3. The number of benzene rings is 2. The Balaban J connectivity index is 1.66. The van der Waals surface area contributed by atoms with Crippen molar-refractivity contribution in [3.05, 3.63) is 70.2 Å². The Morgan fingerprint density at radius 1 is 1.08 bits per heavy atom. The lowest BCUT2D eigenvalue weighted by Gasteiger charge is -2.19. The fraction of sp³-hybridized carbons (Fsp3) is 0.111. The summed E-state index contributed by atoms with van der Waals surface area (Å²) in [5.41, 5.74) is 1.16. The molecule has 0 fully saturated rings. The van der Waals surface area contributed by atoms with E-state index in [0.29, 0.717) is 11.1 Å². The Kier molecular flexibility index (Phi) is 5.45. The minimum atomic E-state index is -0.937. The average Bonchev–Trinajstić information content (AvgIpc) is 2.61. The van der Waals surface area contributed by atoms with E-state index in [1.54, 1.807) is 48.5 Å². The first-order valence-electron chi connectivity index (χ1n) is 7.44. The van der Waals surface area contributed by atoms with Crippen molar-refractivity contribution in [2.24, 2.45) is 4.99 Å². The summed E-state index contributed by atoms with van der Waals surface area (Å²) in [4.78, 5) is 40.5. The second-order valence-corrected chi connectivity index (χ2v) is 7.19. The second-order valence-electron chi connectivity index (χ2n) is 5.31. The summed E-state index contributed by atoms with van der Waals surface area (Å²) in [5, 5.41) is 2.76. The van der Waals surface area contributed by atoms with Gasteiger partial charge in [-0.15, -0.1) is 0 Å². The van der Waals surface area contributed by atoms with Gasteiger partial charge in [-0.25, -0.2) is 0 Å². The van der Waals surface area contributed by atoms with Gasteiger partial charge in [0.1, 0.15) is 5.92 Å². The molecule has 1 atom stereocenters. The van der Waals surface area contributed by atoms with Crippen LogP contribution in [0.4, 0.5) is 0 Å². The highest BCUT2D eigenvalue weighted by Gasteiger charge is 2.33. The van der Waals surface area contributed by atoms with Crippen LogP contribution >= 0.6 is 27.7 Å². The minimum absolute atomic E-state index is 0.0873. The first-order valence-corrected chi connectivity index (χ1v) is 9.22. The zero-order valence-corrected chi connectivity index (χ0v) is 15.3. The van der Waals surface area contributed by atoms with Crippen molar-refractivity contribution in [2.75, 3.05) is 5.75 Å². The molecule has 1 aliphatic rings. The Hall–Kier alpha value is -2.25. The van der Waals surface area contributed by atoms with Crippen molar-refractivity contribution in [1.82, 2.24) is 5.32 Å². The number of carbonyl (C=O) groups excluding carboxylic acids is 3. The first kappa shape index (κ1) is 17.6. The van der Waals surface area contributed by atoms with Gasteiger partial charge in [0, 0.05) is 10.0 Å². The number of thioether (sulfide) groups is 1. The van der Waals surface area contributed by atoms with Gasteiger partial charge in [-0.3, -0.25) is 14.4 Å². The molecule has 25 heavy (non-hydrogen) atoms. The van der Waals surface area contributed by atoms with E-state index in [2.05, 4.69) is 26.2 Å². The predicted octanol–water partition coefficient (Wildman–Crippen LogP) is 3.16. The highest BCUT2D eigenvalue weighted by Crippen LogP contribution is 2.22. The van der Waals surface area contributed by atoms with Crippen LogP contribution in [0.3, 0.4) is 0 Å². The minimum Gasteiger partial charge on any atom is -0.304 e. The maximum Gasteiger partial charge on any atom is 0.265 e. The third kappa shape index (κ3) is 4.24. The monoisotopic (exact) mass is 416 g/mol. The van der Waals surface area contributed by atoms with E-state index in [4.69, 9.17) is 0 Å². The summed E-state index contributed by atoms with van der Waals surface area (Å²) in [7, 11) is 0. The van der Waals surface area contributed by atoms with Gasteiger partial charge in [0.25, 0.3) is 5.91 Å². The highest BCUT2D eigenvalue weighted by atomic mass is 79.9. The number of ketones is 1. The molecular weight excluding hydrogens is 404 g/mol. The van der Waals surface area contributed by atoms with Crippen molar-refractivity contribution in [2.45, 2.75) is 5.92 Å². The van der Waals surface area contributed by atoms with Crippen LogP contribution in [0.5, 0.6) is 0 Å². The Morgan fingerprint density at radius 3 is 2.40 bits per heavy atom. The standard InChI is InChI=1S/C18H13BrN2O3S/c19-13-8-6-11(7-9-13)14(22)10-25-18-20-16(23)15(17(24)21-18)12-4-2-1-3-5-12/h1-9,15H,10H2,(H,20,21,23,24). The van der Waals surface area contributed by atoms with Crippen molar-refractivity contribution < 1.29 is 14.4 Å². The molecule has 2 aromatic rings. The summed E-state index contributed by atoms with van der Waals surface area (Å²) in [5.74, 6) is -1.90. The van der Waals surface area contributed by atoms with Crippen molar-refractivity contribution >= 4 is 50.5 Å². The molecule has 3 rings (SSSR count). The molecule has 0 radical (unpaired) electrons. The number of aliphatic imine (C=N–C) groups is 1. The van der Waals surface area contributed by atoms with Crippen LogP contribution in [0.2, 0.25) is 0 Å². The highest BCUT2D eigenvalue weighted by molar-refractivity contribution is 9.10. The number of rotatable bonds is 4. The molecule has 1 aliphatic heterocycles. The van der Waals surface area contributed by atoms with Gasteiger partial charge in [-0.1, -0.05) is 70.2 Å². The normalized spacial score (nSPS) is 17.0. The number of carbonyl (C=O) groups is 3. The van der Waals surface area contributed by atoms with Gasteiger partial charge in [0.15, 0.2) is 11.0 Å². The van der Waals surface area contributed by atoms with E-state index >= 15 is 0 Å². The summed E-state index contributed by atoms with van der Waals surface area (Å²) in [6.45, 7) is 0. The molecule has 2 amide bonds. The van der Waals surface area contributed by atoms with E-state index in [9.17, 15) is 14.4 Å². The second kappa shape index (κ2) is 7.76. The lowest BCUT2D eigenvalue weighted by Crippen LogP contribution is -2.41. The molecule has 0 spiro atoms. The summed E-state index contributed by atoms with van der Waals surface area (Å²) in [6, 6.07) is 15.8. The number of hydrogen-bond donors (Lipinski definition) is 1. The quantitative estimate of drug-likeness (QED) is 0.613.